The van der Waals surface area contributed by atoms with Crippen LogP contribution in [0, 0.1) is 0 Å². The van der Waals surface area contributed by atoms with Crippen LogP contribution in [-0.2, 0) is 16.0 Å². The fourth-order valence-electron chi connectivity index (χ4n) is 3.21. The van der Waals surface area contributed by atoms with Gasteiger partial charge in [-0.2, -0.15) is 0 Å². The number of benzene rings is 1. The molecule has 0 radical (unpaired) electrons. The summed E-state index contributed by atoms with van der Waals surface area (Å²) in [5, 5.41) is 3.87. The molecule has 1 N–H and O–H groups in total. The minimum Gasteiger partial charge on any atom is -0.339 e. The molecule has 23 heavy (non-hydrogen) atoms. The summed E-state index contributed by atoms with van der Waals surface area (Å²) in [5.74, 6) is 0.255. The Kier molecular flexibility index (Phi) is 5.18. The van der Waals surface area contributed by atoms with Crippen LogP contribution in [0.1, 0.15) is 18.4 Å². The second-order valence-corrected chi connectivity index (χ2v) is 6.53. The largest absolute Gasteiger partial charge is 0.339 e. The summed E-state index contributed by atoms with van der Waals surface area (Å²) in [5.41, 5.74) is 0.854. The van der Waals surface area contributed by atoms with Crippen molar-refractivity contribution < 1.29 is 9.59 Å². The quantitative estimate of drug-likeness (QED) is 0.906. The van der Waals surface area contributed by atoms with Gasteiger partial charge in [0.15, 0.2) is 0 Å². The molecular formula is C17H22ClN3O2. The number of amides is 2. The van der Waals surface area contributed by atoms with Crippen molar-refractivity contribution in [1.29, 1.82) is 0 Å². The molecule has 1 aromatic carbocycles. The highest BCUT2D eigenvalue weighted by atomic mass is 35.5. The molecule has 1 aromatic rings. The van der Waals surface area contributed by atoms with Gasteiger partial charge in [-0.3, -0.25) is 9.59 Å². The van der Waals surface area contributed by atoms with Crippen molar-refractivity contribution in [2.45, 2.75) is 25.3 Å². The topological polar surface area (TPSA) is 52.7 Å². The van der Waals surface area contributed by atoms with Gasteiger partial charge >= 0.3 is 0 Å². The molecule has 2 aliphatic heterocycles. The van der Waals surface area contributed by atoms with Gasteiger partial charge in [-0.1, -0.05) is 29.8 Å². The van der Waals surface area contributed by atoms with Gasteiger partial charge in [-0.25, -0.2) is 0 Å². The van der Waals surface area contributed by atoms with E-state index < -0.39 is 0 Å². The standard InChI is InChI=1S/C17H22ClN3O2/c18-14-5-2-1-4-13(14)12-16(22)20-8-10-21(11-9-20)17(23)15-6-3-7-19-15/h1-2,4-5,15,19H,3,6-12H2. The average molecular weight is 336 g/mol. The molecule has 6 heteroatoms. The van der Waals surface area contributed by atoms with E-state index >= 15 is 0 Å². The second kappa shape index (κ2) is 7.32. The molecule has 5 nitrogen and oxygen atoms in total. The first-order valence-corrected chi connectivity index (χ1v) is 8.56. The molecule has 2 aliphatic rings. The lowest BCUT2D eigenvalue weighted by molar-refractivity contribution is -0.140. The molecule has 2 heterocycles. The first kappa shape index (κ1) is 16.3. The van der Waals surface area contributed by atoms with Crippen molar-refractivity contribution in [3.05, 3.63) is 34.9 Å². The molecule has 0 aromatic heterocycles. The van der Waals surface area contributed by atoms with Crippen LogP contribution in [-0.4, -0.2) is 60.4 Å². The SMILES string of the molecule is O=C(Cc1ccccc1Cl)N1CCN(C(=O)C2CCCN2)CC1. The minimum absolute atomic E-state index is 0.0274. The summed E-state index contributed by atoms with van der Waals surface area (Å²) in [4.78, 5) is 28.5. The van der Waals surface area contributed by atoms with Crippen LogP contribution in [0.25, 0.3) is 0 Å². The molecule has 3 rings (SSSR count). The molecular weight excluding hydrogens is 314 g/mol. The van der Waals surface area contributed by atoms with Crippen molar-refractivity contribution in [3.8, 4) is 0 Å². The van der Waals surface area contributed by atoms with Gasteiger partial charge in [0.2, 0.25) is 11.8 Å². The van der Waals surface area contributed by atoms with Gasteiger partial charge in [-0.15, -0.1) is 0 Å². The Hall–Kier alpha value is -1.59. The fraction of sp³-hybridized carbons (Fsp3) is 0.529. The number of nitrogens with zero attached hydrogens (tertiary/aromatic N) is 2. The van der Waals surface area contributed by atoms with Crippen LogP contribution in [0.5, 0.6) is 0 Å². The molecule has 0 aliphatic carbocycles. The maximum Gasteiger partial charge on any atom is 0.239 e. The first-order valence-electron chi connectivity index (χ1n) is 8.18. The van der Waals surface area contributed by atoms with Gasteiger partial charge in [-0.05, 0) is 31.0 Å². The number of carbonyl (C=O) groups excluding carboxylic acids is 2. The first-order chi connectivity index (χ1) is 11.1. The zero-order chi connectivity index (χ0) is 16.2. The van der Waals surface area contributed by atoms with Crippen molar-refractivity contribution in [2.24, 2.45) is 0 Å². The van der Waals surface area contributed by atoms with Gasteiger partial charge < -0.3 is 15.1 Å². The third kappa shape index (κ3) is 3.85. The molecule has 0 bridgehead atoms. The van der Waals surface area contributed by atoms with E-state index in [0.29, 0.717) is 37.6 Å². The number of halogens is 1. The summed E-state index contributed by atoms with van der Waals surface area (Å²) in [6.45, 7) is 3.35. The van der Waals surface area contributed by atoms with E-state index in [2.05, 4.69) is 5.32 Å². The van der Waals surface area contributed by atoms with Crippen LogP contribution in [0.15, 0.2) is 24.3 Å². The second-order valence-electron chi connectivity index (χ2n) is 6.12. The van der Waals surface area contributed by atoms with Gasteiger partial charge in [0, 0.05) is 31.2 Å². The van der Waals surface area contributed by atoms with Gasteiger partial charge in [0.1, 0.15) is 0 Å². The monoisotopic (exact) mass is 335 g/mol. The highest BCUT2D eigenvalue weighted by molar-refractivity contribution is 6.31. The Bertz CT molecular complexity index is 579. The Labute approximate surface area is 141 Å². The zero-order valence-electron chi connectivity index (χ0n) is 13.1. The van der Waals surface area contributed by atoms with E-state index in [-0.39, 0.29) is 17.9 Å². The number of hydrogen-bond donors (Lipinski definition) is 1. The molecule has 1 atom stereocenters. The predicted molar refractivity (Wildman–Crippen MR) is 89.3 cm³/mol. The Balaban J connectivity index is 1.51. The molecule has 0 saturated carbocycles. The van der Waals surface area contributed by atoms with Crippen molar-refractivity contribution in [1.82, 2.24) is 15.1 Å². The molecule has 2 amide bonds. The molecule has 124 valence electrons. The number of carbonyl (C=O) groups is 2. The highest BCUT2D eigenvalue weighted by Gasteiger charge is 2.30. The third-order valence-electron chi connectivity index (χ3n) is 4.60. The van der Waals surface area contributed by atoms with Crippen molar-refractivity contribution >= 4 is 23.4 Å². The number of nitrogens with one attached hydrogen (secondary N) is 1. The minimum atomic E-state index is -0.0274. The maximum absolute atomic E-state index is 12.4. The van der Waals surface area contributed by atoms with Crippen LogP contribution < -0.4 is 5.32 Å². The summed E-state index contributed by atoms with van der Waals surface area (Å²) in [7, 11) is 0. The van der Waals surface area contributed by atoms with Crippen LogP contribution >= 0.6 is 11.6 Å². The summed E-state index contributed by atoms with van der Waals surface area (Å²) >= 11 is 6.11. The van der Waals surface area contributed by atoms with E-state index in [1.54, 1.807) is 6.07 Å². The Morgan fingerprint density at radius 2 is 1.83 bits per heavy atom. The van der Waals surface area contributed by atoms with Crippen molar-refractivity contribution in [3.63, 3.8) is 0 Å². The van der Waals surface area contributed by atoms with Crippen LogP contribution in [0.4, 0.5) is 0 Å². The van der Waals surface area contributed by atoms with Crippen LogP contribution in [0.2, 0.25) is 5.02 Å². The maximum atomic E-state index is 12.4. The highest BCUT2D eigenvalue weighted by Crippen LogP contribution is 2.17. The van der Waals surface area contributed by atoms with E-state index in [0.717, 1.165) is 24.9 Å². The Morgan fingerprint density at radius 1 is 1.13 bits per heavy atom. The average Bonchev–Trinajstić information content (AvgIpc) is 3.11. The number of piperazine rings is 1. The number of hydrogen-bond acceptors (Lipinski definition) is 3. The fourth-order valence-corrected chi connectivity index (χ4v) is 3.41. The molecule has 2 fully saturated rings. The van der Waals surface area contributed by atoms with Gasteiger partial charge in [0.25, 0.3) is 0 Å². The Morgan fingerprint density at radius 3 is 2.48 bits per heavy atom. The van der Waals surface area contributed by atoms with Crippen LogP contribution in [0.3, 0.4) is 0 Å². The lowest BCUT2D eigenvalue weighted by Gasteiger charge is -2.36. The zero-order valence-corrected chi connectivity index (χ0v) is 13.9. The van der Waals surface area contributed by atoms with E-state index in [4.69, 9.17) is 11.6 Å². The summed E-state index contributed by atoms with van der Waals surface area (Å²) in [6.07, 6.45) is 2.30. The van der Waals surface area contributed by atoms with E-state index in [9.17, 15) is 9.59 Å². The van der Waals surface area contributed by atoms with E-state index in [1.807, 2.05) is 28.0 Å². The molecule has 1 unspecified atom stereocenters. The smallest absolute Gasteiger partial charge is 0.239 e. The number of rotatable bonds is 3. The lowest BCUT2D eigenvalue weighted by atomic mass is 10.1. The lowest BCUT2D eigenvalue weighted by Crippen LogP contribution is -2.54. The normalized spacial score (nSPS) is 21.5. The molecule has 0 spiro atoms. The third-order valence-corrected chi connectivity index (χ3v) is 4.97. The van der Waals surface area contributed by atoms with Crippen molar-refractivity contribution in [2.75, 3.05) is 32.7 Å². The molecule has 2 saturated heterocycles. The van der Waals surface area contributed by atoms with E-state index in [1.165, 1.54) is 0 Å². The summed E-state index contributed by atoms with van der Waals surface area (Å²) in [6, 6.07) is 7.40. The summed E-state index contributed by atoms with van der Waals surface area (Å²) < 4.78 is 0. The van der Waals surface area contributed by atoms with Gasteiger partial charge in [0.05, 0.1) is 12.5 Å². The predicted octanol–water partition coefficient (Wildman–Crippen LogP) is 1.31.